The molecule has 1 aromatic heterocycles. The summed E-state index contributed by atoms with van der Waals surface area (Å²) in [5.41, 5.74) is 6.29. The molecule has 2 aromatic rings. The van der Waals surface area contributed by atoms with Gasteiger partial charge in [-0.15, -0.1) is 5.10 Å². The zero-order valence-corrected chi connectivity index (χ0v) is 13.3. The van der Waals surface area contributed by atoms with Crippen molar-refractivity contribution in [3.05, 3.63) is 42.2 Å². The molecule has 3 rings (SSSR count). The van der Waals surface area contributed by atoms with Gasteiger partial charge in [-0.1, -0.05) is 18.2 Å². The van der Waals surface area contributed by atoms with Crippen molar-refractivity contribution in [3.8, 4) is 5.69 Å². The Bertz CT molecular complexity index is 706. The topological polar surface area (TPSA) is 106 Å². The number of para-hydroxylation sites is 1. The number of carbonyl (C=O) groups excluding carboxylic acids is 2. The molecule has 0 unspecified atom stereocenters. The van der Waals surface area contributed by atoms with Crippen molar-refractivity contribution in [2.45, 2.75) is 18.9 Å². The van der Waals surface area contributed by atoms with Crippen LogP contribution in [0.2, 0.25) is 0 Å². The Morgan fingerprint density at radius 1 is 1.21 bits per heavy atom. The van der Waals surface area contributed by atoms with E-state index >= 15 is 0 Å². The second kappa shape index (κ2) is 7.22. The van der Waals surface area contributed by atoms with Gasteiger partial charge < -0.3 is 11.1 Å². The zero-order valence-electron chi connectivity index (χ0n) is 13.3. The van der Waals surface area contributed by atoms with Crippen LogP contribution >= 0.6 is 0 Å². The Balaban J connectivity index is 1.55. The Morgan fingerprint density at radius 2 is 1.92 bits per heavy atom. The van der Waals surface area contributed by atoms with E-state index in [1.54, 1.807) is 0 Å². The highest BCUT2D eigenvalue weighted by Gasteiger charge is 2.23. The van der Waals surface area contributed by atoms with Gasteiger partial charge in [0, 0.05) is 19.1 Å². The summed E-state index contributed by atoms with van der Waals surface area (Å²) in [5.74, 6) is -0.555. The minimum Gasteiger partial charge on any atom is -0.369 e. The lowest BCUT2D eigenvalue weighted by Crippen LogP contribution is -2.46. The third kappa shape index (κ3) is 3.96. The molecule has 0 saturated carbocycles. The van der Waals surface area contributed by atoms with Crippen molar-refractivity contribution >= 4 is 11.8 Å². The second-order valence-corrected chi connectivity index (χ2v) is 5.84. The molecule has 2 heterocycles. The van der Waals surface area contributed by atoms with Crippen LogP contribution in [0.3, 0.4) is 0 Å². The highest BCUT2D eigenvalue weighted by molar-refractivity contribution is 5.92. The lowest BCUT2D eigenvalue weighted by molar-refractivity contribution is -0.119. The lowest BCUT2D eigenvalue weighted by atomic mass is 10.0. The first-order valence-electron chi connectivity index (χ1n) is 7.91. The van der Waals surface area contributed by atoms with Crippen molar-refractivity contribution in [1.29, 1.82) is 0 Å². The van der Waals surface area contributed by atoms with Gasteiger partial charge in [-0.25, -0.2) is 0 Å². The predicted octanol–water partition coefficient (Wildman–Crippen LogP) is -0.0532. The van der Waals surface area contributed by atoms with Crippen molar-refractivity contribution < 1.29 is 9.59 Å². The number of rotatable bonds is 5. The van der Waals surface area contributed by atoms with Gasteiger partial charge in [-0.3, -0.25) is 14.5 Å². The summed E-state index contributed by atoms with van der Waals surface area (Å²) >= 11 is 0. The van der Waals surface area contributed by atoms with Gasteiger partial charge in [-0.2, -0.15) is 9.90 Å². The summed E-state index contributed by atoms with van der Waals surface area (Å²) < 4.78 is 0. The SMILES string of the molecule is NC(=O)CN1CCC(NC(=O)c2cnn(-c3ccccc3)n2)CC1. The molecule has 3 N–H and O–H groups in total. The largest absolute Gasteiger partial charge is 0.369 e. The molecule has 126 valence electrons. The molecule has 0 radical (unpaired) electrons. The number of benzene rings is 1. The van der Waals surface area contributed by atoms with Crippen LogP contribution in [-0.4, -0.2) is 57.4 Å². The van der Waals surface area contributed by atoms with E-state index in [9.17, 15) is 9.59 Å². The number of nitrogens with one attached hydrogen (secondary N) is 1. The number of amides is 2. The van der Waals surface area contributed by atoms with E-state index in [1.807, 2.05) is 35.2 Å². The molecule has 1 aliphatic rings. The fourth-order valence-corrected chi connectivity index (χ4v) is 2.77. The molecule has 0 aliphatic carbocycles. The van der Waals surface area contributed by atoms with Crippen molar-refractivity contribution in [2.75, 3.05) is 19.6 Å². The molecular formula is C16H20N6O2. The number of carbonyl (C=O) groups is 2. The highest BCUT2D eigenvalue weighted by atomic mass is 16.2. The Labute approximate surface area is 139 Å². The molecule has 8 heteroatoms. The molecule has 1 aliphatic heterocycles. The maximum atomic E-state index is 12.3. The molecule has 2 amide bonds. The average molecular weight is 328 g/mol. The van der Waals surface area contributed by atoms with Crippen molar-refractivity contribution in [3.63, 3.8) is 0 Å². The second-order valence-electron chi connectivity index (χ2n) is 5.84. The normalized spacial score (nSPS) is 16.0. The van der Waals surface area contributed by atoms with Crippen molar-refractivity contribution in [1.82, 2.24) is 25.2 Å². The van der Waals surface area contributed by atoms with Crippen molar-refractivity contribution in [2.24, 2.45) is 5.73 Å². The van der Waals surface area contributed by atoms with Gasteiger partial charge in [0.05, 0.1) is 18.4 Å². The minimum atomic E-state index is -0.324. The van der Waals surface area contributed by atoms with Gasteiger partial charge in [0.25, 0.3) is 5.91 Å². The maximum absolute atomic E-state index is 12.3. The summed E-state index contributed by atoms with van der Waals surface area (Å²) in [7, 11) is 0. The van der Waals surface area contributed by atoms with E-state index in [1.165, 1.54) is 11.0 Å². The molecular weight excluding hydrogens is 308 g/mol. The number of nitrogens with two attached hydrogens (primary N) is 1. The molecule has 1 aromatic carbocycles. The molecule has 0 spiro atoms. The van der Waals surface area contributed by atoms with Gasteiger partial charge in [-0.05, 0) is 25.0 Å². The summed E-state index contributed by atoms with van der Waals surface area (Å²) in [6.45, 7) is 1.75. The summed E-state index contributed by atoms with van der Waals surface area (Å²) in [4.78, 5) is 26.7. The van der Waals surface area contributed by atoms with Crippen LogP contribution in [0.25, 0.3) is 5.69 Å². The number of primary amides is 1. The third-order valence-corrected chi connectivity index (χ3v) is 4.01. The number of nitrogens with zero attached hydrogens (tertiary/aromatic N) is 4. The van der Waals surface area contributed by atoms with Crippen LogP contribution in [0.15, 0.2) is 36.5 Å². The Morgan fingerprint density at radius 3 is 2.58 bits per heavy atom. The van der Waals surface area contributed by atoms with Crippen LogP contribution in [-0.2, 0) is 4.79 Å². The molecule has 1 saturated heterocycles. The molecule has 0 atom stereocenters. The van der Waals surface area contributed by atoms with Crippen LogP contribution < -0.4 is 11.1 Å². The lowest BCUT2D eigenvalue weighted by Gasteiger charge is -2.31. The minimum absolute atomic E-state index is 0.0727. The molecule has 1 fully saturated rings. The van der Waals surface area contributed by atoms with E-state index in [-0.39, 0.29) is 24.4 Å². The maximum Gasteiger partial charge on any atom is 0.273 e. The summed E-state index contributed by atoms with van der Waals surface area (Å²) in [5, 5.41) is 11.3. The first-order chi connectivity index (χ1) is 11.6. The van der Waals surface area contributed by atoms with E-state index in [0.29, 0.717) is 5.69 Å². The number of hydrogen-bond acceptors (Lipinski definition) is 5. The zero-order chi connectivity index (χ0) is 16.9. The average Bonchev–Trinajstić information content (AvgIpc) is 3.07. The summed E-state index contributed by atoms with van der Waals surface area (Å²) in [6.07, 6.45) is 3.03. The van der Waals surface area contributed by atoms with E-state index < -0.39 is 0 Å². The van der Waals surface area contributed by atoms with Gasteiger partial charge >= 0.3 is 0 Å². The first kappa shape index (κ1) is 16.1. The molecule has 24 heavy (non-hydrogen) atoms. The number of hydrogen-bond donors (Lipinski definition) is 2. The first-order valence-corrected chi connectivity index (χ1v) is 7.91. The van der Waals surface area contributed by atoms with Gasteiger partial charge in [0.15, 0.2) is 5.69 Å². The quantitative estimate of drug-likeness (QED) is 0.800. The Hall–Kier alpha value is -2.74. The summed E-state index contributed by atoms with van der Waals surface area (Å²) in [6, 6.07) is 9.50. The van der Waals surface area contributed by atoms with Crippen LogP contribution in [0.4, 0.5) is 0 Å². The number of piperidine rings is 1. The molecule has 0 bridgehead atoms. The smallest absolute Gasteiger partial charge is 0.273 e. The van der Waals surface area contributed by atoms with Crippen LogP contribution in [0.5, 0.6) is 0 Å². The van der Waals surface area contributed by atoms with Gasteiger partial charge in [0.2, 0.25) is 5.91 Å². The predicted molar refractivity (Wildman–Crippen MR) is 87.5 cm³/mol. The van der Waals surface area contributed by atoms with E-state index in [2.05, 4.69) is 15.5 Å². The number of likely N-dealkylation sites (tertiary alicyclic amines) is 1. The molecule has 8 nitrogen and oxygen atoms in total. The fourth-order valence-electron chi connectivity index (χ4n) is 2.77. The number of aromatic nitrogens is 3. The Kier molecular flexibility index (Phi) is 4.85. The third-order valence-electron chi connectivity index (χ3n) is 4.01. The fraction of sp³-hybridized carbons (Fsp3) is 0.375. The van der Waals surface area contributed by atoms with Crippen LogP contribution in [0, 0.1) is 0 Å². The monoisotopic (exact) mass is 328 g/mol. The van der Waals surface area contributed by atoms with Crippen LogP contribution in [0.1, 0.15) is 23.3 Å². The van der Waals surface area contributed by atoms with E-state index in [4.69, 9.17) is 5.73 Å². The standard InChI is InChI=1S/C16H20N6O2/c17-15(23)11-21-8-6-12(7-9-21)19-16(24)14-10-18-22(20-14)13-4-2-1-3-5-13/h1-5,10,12H,6-9,11H2,(H2,17,23)(H,19,24). The van der Waals surface area contributed by atoms with E-state index in [0.717, 1.165) is 31.6 Å². The highest BCUT2D eigenvalue weighted by Crippen LogP contribution is 2.11. The van der Waals surface area contributed by atoms with Gasteiger partial charge in [0.1, 0.15) is 0 Å².